The molecule has 1 rings (SSSR count). The molecule has 1 fully saturated rings. The fraction of sp³-hybridized carbons (Fsp3) is 0.917. The summed E-state index contributed by atoms with van der Waals surface area (Å²) in [5.41, 5.74) is 0. The minimum Gasteiger partial charge on any atom is -0.480 e. The van der Waals surface area contributed by atoms with Crippen LogP contribution in [0.1, 0.15) is 52.4 Å². The smallest absolute Gasteiger partial charge is 0.320 e. The molecule has 0 radical (unpaired) electrons. The SMILES string of the molecule is CCCC(C(=O)O)N1CCCCC1CC. The molecule has 0 saturated carbocycles. The van der Waals surface area contributed by atoms with Gasteiger partial charge in [0.1, 0.15) is 6.04 Å². The van der Waals surface area contributed by atoms with Crippen molar-refractivity contribution >= 4 is 5.97 Å². The number of nitrogens with zero attached hydrogens (tertiary/aromatic N) is 1. The first-order valence-corrected chi connectivity index (χ1v) is 6.19. The van der Waals surface area contributed by atoms with Crippen LogP contribution in [0.2, 0.25) is 0 Å². The van der Waals surface area contributed by atoms with Gasteiger partial charge < -0.3 is 5.11 Å². The van der Waals surface area contributed by atoms with Crippen molar-refractivity contribution in [1.82, 2.24) is 4.90 Å². The molecule has 0 bridgehead atoms. The molecule has 0 aromatic carbocycles. The minimum atomic E-state index is -0.641. The Morgan fingerprint density at radius 2 is 2.20 bits per heavy atom. The second-order valence-electron chi connectivity index (χ2n) is 4.44. The number of carboxylic acid groups (broad SMARTS) is 1. The van der Waals surface area contributed by atoms with Crippen molar-refractivity contribution < 1.29 is 9.90 Å². The molecule has 0 aromatic rings. The zero-order valence-corrected chi connectivity index (χ0v) is 9.91. The third-order valence-electron chi connectivity index (χ3n) is 3.39. The quantitative estimate of drug-likeness (QED) is 0.763. The minimum absolute atomic E-state index is 0.250. The highest BCUT2D eigenvalue weighted by atomic mass is 16.4. The number of hydrogen-bond donors (Lipinski definition) is 1. The number of piperidine rings is 1. The third kappa shape index (κ3) is 3.20. The summed E-state index contributed by atoms with van der Waals surface area (Å²) in [6, 6.07) is 0.242. The predicted molar refractivity (Wildman–Crippen MR) is 61.0 cm³/mol. The molecule has 1 N–H and O–H groups in total. The van der Waals surface area contributed by atoms with Gasteiger partial charge in [0.2, 0.25) is 0 Å². The van der Waals surface area contributed by atoms with E-state index >= 15 is 0 Å². The van der Waals surface area contributed by atoms with E-state index in [1.807, 2.05) is 0 Å². The van der Waals surface area contributed by atoms with Crippen LogP contribution >= 0.6 is 0 Å². The molecule has 88 valence electrons. The topological polar surface area (TPSA) is 40.5 Å². The van der Waals surface area contributed by atoms with Crippen LogP contribution in [-0.2, 0) is 4.79 Å². The Labute approximate surface area is 92.5 Å². The molecule has 3 heteroatoms. The molecule has 0 amide bonds. The standard InChI is InChI=1S/C12H23NO2/c1-3-7-11(12(14)15)13-9-6-5-8-10(13)4-2/h10-11H,3-9H2,1-2H3,(H,14,15). The number of aliphatic carboxylic acids is 1. The van der Waals surface area contributed by atoms with Gasteiger partial charge in [-0.15, -0.1) is 0 Å². The van der Waals surface area contributed by atoms with Crippen LogP contribution in [0.5, 0.6) is 0 Å². The van der Waals surface area contributed by atoms with Crippen LogP contribution in [0.15, 0.2) is 0 Å². The average molecular weight is 213 g/mol. The highest BCUT2D eigenvalue weighted by Gasteiger charge is 2.31. The molecule has 15 heavy (non-hydrogen) atoms. The Kier molecular flexibility index (Phi) is 5.09. The maximum Gasteiger partial charge on any atom is 0.320 e. The predicted octanol–water partition coefficient (Wildman–Crippen LogP) is 2.50. The van der Waals surface area contributed by atoms with Gasteiger partial charge in [-0.3, -0.25) is 9.69 Å². The van der Waals surface area contributed by atoms with Crippen LogP contribution in [-0.4, -0.2) is 34.6 Å². The molecule has 3 nitrogen and oxygen atoms in total. The van der Waals surface area contributed by atoms with Crippen LogP contribution < -0.4 is 0 Å². The maximum absolute atomic E-state index is 11.2. The lowest BCUT2D eigenvalue weighted by Gasteiger charge is -2.39. The molecule has 0 aromatic heterocycles. The first kappa shape index (κ1) is 12.5. The lowest BCUT2D eigenvalue weighted by Crippen LogP contribution is -2.49. The molecule has 2 atom stereocenters. The maximum atomic E-state index is 11.2. The average Bonchev–Trinajstić information content (AvgIpc) is 2.25. The van der Waals surface area contributed by atoms with Crippen molar-refractivity contribution in [2.75, 3.05) is 6.54 Å². The van der Waals surface area contributed by atoms with Crippen molar-refractivity contribution in [2.24, 2.45) is 0 Å². The van der Waals surface area contributed by atoms with Gasteiger partial charge in [-0.05, 0) is 32.2 Å². The van der Waals surface area contributed by atoms with E-state index in [-0.39, 0.29) is 6.04 Å². The van der Waals surface area contributed by atoms with E-state index in [0.29, 0.717) is 6.04 Å². The van der Waals surface area contributed by atoms with Gasteiger partial charge in [-0.1, -0.05) is 26.7 Å². The molecule has 0 spiro atoms. The van der Waals surface area contributed by atoms with E-state index in [9.17, 15) is 9.90 Å². The summed E-state index contributed by atoms with van der Waals surface area (Å²) in [6.45, 7) is 5.18. The summed E-state index contributed by atoms with van der Waals surface area (Å²) in [6.07, 6.45) is 6.39. The van der Waals surface area contributed by atoms with Crippen molar-refractivity contribution in [3.63, 3.8) is 0 Å². The number of carbonyl (C=O) groups is 1. The van der Waals surface area contributed by atoms with E-state index in [4.69, 9.17) is 0 Å². The van der Waals surface area contributed by atoms with Crippen molar-refractivity contribution in [3.8, 4) is 0 Å². The normalized spacial score (nSPS) is 25.1. The fourth-order valence-electron chi connectivity index (χ4n) is 2.58. The first-order valence-electron chi connectivity index (χ1n) is 6.19. The van der Waals surface area contributed by atoms with Gasteiger partial charge in [0.15, 0.2) is 0 Å². The molecule has 1 saturated heterocycles. The summed E-state index contributed by atoms with van der Waals surface area (Å²) in [7, 11) is 0. The molecular formula is C12H23NO2. The van der Waals surface area contributed by atoms with Crippen molar-refractivity contribution in [1.29, 1.82) is 0 Å². The van der Waals surface area contributed by atoms with Gasteiger partial charge in [0, 0.05) is 6.04 Å². The number of rotatable bonds is 5. The molecule has 1 aliphatic heterocycles. The molecular weight excluding hydrogens is 190 g/mol. The zero-order chi connectivity index (χ0) is 11.3. The lowest BCUT2D eigenvalue weighted by molar-refractivity contribution is -0.145. The Hall–Kier alpha value is -0.570. The van der Waals surface area contributed by atoms with Crippen molar-refractivity contribution in [2.45, 2.75) is 64.5 Å². The Bertz CT molecular complexity index is 206. The van der Waals surface area contributed by atoms with E-state index in [2.05, 4.69) is 18.7 Å². The molecule has 0 aliphatic carbocycles. The van der Waals surface area contributed by atoms with Crippen LogP contribution in [0.4, 0.5) is 0 Å². The van der Waals surface area contributed by atoms with E-state index in [0.717, 1.165) is 32.2 Å². The van der Waals surface area contributed by atoms with Gasteiger partial charge in [0.05, 0.1) is 0 Å². The molecule has 1 aliphatic rings. The Balaban J connectivity index is 2.65. The van der Waals surface area contributed by atoms with E-state index in [1.54, 1.807) is 0 Å². The highest BCUT2D eigenvalue weighted by Crippen LogP contribution is 2.23. The fourth-order valence-corrected chi connectivity index (χ4v) is 2.58. The summed E-state index contributed by atoms with van der Waals surface area (Å²) in [4.78, 5) is 13.4. The largest absolute Gasteiger partial charge is 0.480 e. The third-order valence-corrected chi connectivity index (χ3v) is 3.39. The zero-order valence-electron chi connectivity index (χ0n) is 9.91. The highest BCUT2D eigenvalue weighted by molar-refractivity contribution is 5.73. The summed E-state index contributed by atoms with van der Waals surface area (Å²) >= 11 is 0. The number of carboxylic acids is 1. The molecule has 2 unspecified atom stereocenters. The van der Waals surface area contributed by atoms with Gasteiger partial charge in [-0.2, -0.15) is 0 Å². The second kappa shape index (κ2) is 6.11. The van der Waals surface area contributed by atoms with E-state index < -0.39 is 5.97 Å². The van der Waals surface area contributed by atoms with Gasteiger partial charge in [0.25, 0.3) is 0 Å². The van der Waals surface area contributed by atoms with Crippen LogP contribution in [0.25, 0.3) is 0 Å². The first-order chi connectivity index (χ1) is 7.20. The summed E-state index contributed by atoms with van der Waals surface area (Å²) in [5.74, 6) is -0.641. The number of hydrogen-bond acceptors (Lipinski definition) is 2. The Morgan fingerprint density at radius 1 is 1.47 bits per heavy atom. The second-order valence-corrected chi connectivity index (χ2v) is 4.44. The van der Waals surface area contributed by atoms with Crippen LogP contribution in [0, 0.1) is 0 Å². The summed E-state index contributed by atoms with van der Waals surface area (Å²) in [5, 5.41) is 9.23. The van der Waals surface area contributed by atoms with Crippen molar-refractivity contribution in [3.05, 3.63) is 0 Å². The van der Waals surface area contributed by atoms with Gasteiger partial charge >= 0.3 is 5.97 Å². The molecule has 1 heterocycles. The monoisotopic (exact) mass is 213 g/mol. The van der Waals surface area contributed by atoms with Gasteiger partial charge in [-0.25, -0.2) is 0 Å². The number of likely N-dealkylation sites (tertiary alicyclic amines) is 1. The van der Waals surface area contributed by atoms with E-state index in [1.165, 1.54) is 12.8 Å². The lowest BCUT2D eigenvalue weighted by atomic mass is 9.96. The van der Waals surface area contributed by atoms with Crippen LogP contribution in [0.3, 0.4) is 0 Å². The summed E-state index contributed by atoms with van der Waals surface area (Å²) < 4.78 is 0. The Morgan fingerprint density at radius 3 is 2.73 bits per heavy atom.